The summed E-state index contributed by atoms with van der Waals surface area (Å²) in [4.78, 5) is 16.3. The summed E-state index contributed by atoms with van der Waals surface area (Å²) >= 11 is 6.21. The van der Waals surface area contributed by atoms with Gasteiger partial charge in [-0.3, -0.25) is 9.78 Å². The van der Waals surface area contributed by atoms with Crippen molar-refractivity contribution in [2.45, 2.75) is 6.92 Å². The van der Waals surface area contributed by atoms with E-state index in [1.165, 1.54) is 0 Å². The lowest BCUT2D eigenvalue weighted by atomic mass is 10.1. The summed E-state index contributed by atoms with van der Waals surface area (Å²) < 4.78 is 0. The number of pyridine rings is 1. The fourth-order valence-electron chi connectivity index (χ4n) is 1.94. The number of carbonyl (C=O) groups is 1. The number of nitrogens with zero attached hydrogens (tertiary/aromatic N) is 4. The van der Waals surface area contributed by atoms with Gasteiger partial charge in [0.2, 0.25) is 0 Å². The molecule has 2 N–H and O–H groups in total. The van der Waals surface area contributed by atoms with Gasteiger partial charge >= 0.3 is 0 Å². The molecule has 0 radical (unpaired) electrons. The Morgan fingerprint density at radius 1 is 1.45 bits per heavy atom. The molecule has 1 aromatic carbocycles. The first-order chi connectivity index (χ1) is 9.66. The summed E-state index contributed by atoms with van der Waals surface area (Å²) in [5, 5.41) is 16.7. The van der Waals surface area contributed by atoms with Crippen molar-refractivity contribution >= 4 is 34.1 Å². The Bertz CT molecular complexity index is 786. The number of aromatic amines is 1. The number of hydrogen-bond donors (Lipinski definition) is 2. The van der Waals surface area contributed by atoms with Crippen LogP contribution in [0.15, 0.2) is 24.4 Å². The molecule has 0 saturated heterocycles. The van der Waals surface area contributed by atoms with E-state index in [1.807, 2.05) is 13.0 Å². The molecule has 3 rings (SSSR count). The van der Waals surface area contributed by atoms with Crippen LogP contribution in [0.3, 0.4) is 0 Å². The van der Waals surface area contributed by atoms with Gasteiger partial charge in [0.1, 0.15) is 0 Å². The second-order valence-corrected chi connectivity index (χ2v) is 4.55. The van der Waals surface area contributed by atoms with E-state index in [9.17, 15) is 4.79 Å². The molecule has 0 aliphatic rings. The van der Waals surface area contributed by atoms with E-state index in [0.717, 1.165) is 16.5 Å². The number of fused-ring (bicyclic) bond motifs is 1. The van der Waals surface area contributed by atoms with Crippen LogP contribution in [0.2, 0.25) is 5.02 Å². The van der Waals surface area contributed by atoms with E-state index in [1.54, 1.807) is 18.3 Å². The van der Waals surface area contributed by atoms with Crippen LogP contribution < -0.4 is 5.32 Å². The molecular weight excluding hydrogens is 280 g/mol. The summed E-state index contributed by atoms with van der Waals surface area (Å²) in [6.45, 7) is 1.91. The molecule has 0 aliphatic carbocycles. The van der Waals surface area contributed by atoms with Crippen LogP contribution in [0.1, 0.15) is 16.2 Å². The van der Waals surface area contributed by atoms with Gasteiger partial charge < -0.3 is 5.32 Å². The van der Waals surface area contributed by atoms with Gasteiger partial charge in [0.05, 0.1) is 16.2 Å². The van der Waals surface area contributed by atoms with Crippen LogP contribution in [0.25, 0.3) is 10.9 Å². The van der Waals surface area contributed by atoms with E-state index in [0.29, 0.717) is 10.7 Å². The maximum atomic E-state index is 12.0. The van der Waals surface area contributed by atoms with Crippen LogP contribution in [0, 0.1) is 6.92 Å². The van der Waals surface area contributed by atoms with Gasteiger partial charge in [-0.2, -0.15) is 5.21 Å². The molecule has 3 aromatic rings. The quantitative estimate of drug-likeness (QED) is 0.751. The Morgan fingerprint density at radius 2 is 2.30 bits per heavy atom. The SMILES string of the molecule is Cc1cc(Cl)c(NC(=O)c2nn[nH]n2)c2cccnc12. The van der Waals surface area contributed by atoms with Gasteiger partial charge in [0.25, 0.3) is 11.7 Å². The molecule has 2 heterocycles. The molecule has 0 spiro atoms. The van der Waals surface area contributed by atoms with Crippen molar-refractivity contribution in [1.82, 2.24) is 25.6 Å². The molecule has 20 heavy (non-hydrogen) atoms. The third-order valence-electron chi connectivity index (χ3n) is 2.82. The number of benzene rings is 1. The van der Waals surface area contributed by atoms with Crippen LogP contribution in [-0.4, -0.2) is 31.5 Å². The molecule has 1 amide bonds. The molecule has 2 aromatic heterocycles. The Labute approximate surface area is 118 Å². The lowest BCUT2D eigenvalue weighted by molar-refractivity contribution is 0.101. The summed E-state index contributed by atoms with van der Waals surface area (Å²) in [5.74, 6) is -0.548. The third-order valence-corrected chi connectivity index (χ3v) is 3.12. The van der Waals surface area contributed by atoms with Crippen molar-refractivity contribution in [2.24, 2.45) is 0 Å². The average molecular weight is 289 g/mol. The number of carbonyl (C=O) groups excluding carboxylic acids is 1. The van der Waals surface area contributed by atoms with Crippen molar-refractivity contribution in [2.75, 3.05) is 5.32 Å². The minimum atomic E-state index is -0.491. The molecule has 0 aliphatic heterocycles. The highest BCUT2D eigenvalue weighted by atomic mass is 35.5. The zero-order valence-corrected chi connectivity index (χ0v) is 11.1. The van der Waals surface area contributed by atoms with Crippen molar-refractivity contribution in [3.05, 3.63) is 40.8 Å². The molecule has 0 unspecified atom stereocenters. The topological polar surface area (TPSA) is 96.5 Å². The monoisotopic (exact) mass is 288 g/mol. The highest BCUT2D eigenvalue weighted by Gasteiger charge is 2.16. The van der Waals surface area contributed by atoms with Crippen LogP contribution in [0.4, 0.5) is 5.69 Å². The van der Waals surface area contributed by atoms with Crippen molar-refractivity contribution in [1.29, 1.82) is 0 Å². The van der Waals surface area contributed by atoms with E-state index in [-0.39, 0.29) is 5.82 Å². The van der Waals surface area contributed by atoms with E-state index < -0.39 is 5.91 Å². The van der Waals surface area contributed by atoms with Gasteiger partial charge in [-0.15, -0.1) is 10.2 Å². The predicted molar refractivity (Wildman–Crippen MR) is 73.6 cm³/mol. The first kappa shape index (κ1) is 12.5. The second kappa shape index (κ2) is 4.86. The van der Waals surface area contributed by atoms with Crippen molar-refractivity contribution in [3.63, 3.8) is 0 Å². The summed E-state index contributed by atoms with van der Waals surface area (Å²) in [6.07, 6.45) is 1.69. The third kappa shape index (κ3) is 2.08. The number of aromatic nitrogens is 5. The maximum Gasteiger partial charge on any atom is 0.297 e. The number of hydrogen-bond acceptors (Lipinski definition) is 5. The Hall–Kier alpha value is -2.54. The zero-order chi connectivity index (χ0) is 14.1. The molecule has 100 valence electrons. The highest BCUT2D eigenvalue weighted by Crippen LogP contribution is 2.32. The van der Waals surface area contributed by atoms with Gasteiger partial charge in [0.15, 0.2) is 0 Å². The number of rotatable bonds is 2. The number of tetrazole rings is 1. The van der Waals surface area contributed by atoms with E-state index in [4.69, 9.17) is 11.6 Å². The molecule has 0 bridgehead atoms. The Kier molecular flexibility index (Phi) is 3.03. The molecule has 0 saturated carbocycles. The number of halogens is 1. The maximum absolute atomic E-state index is 12.0. The largest absolute Gasteiger partial charge is 0.317 e. The summed E-state index contributed by atoms with van der Waals surface area (Å²) in [6, 6.07) is 5.37. The first-order valence-corrected chi connectivity index (χ1v) is 6.13. The number of H-pyrrole nitrogens is 1. The van der Waals surface area contributed by atoms with Crippen LogP contribution in [-0.2, 0) is 0 Å². The fourth-order valence-corrected chi connectivity index (χ4v) is 2.25. The van der Waals surface area contributed by atoms with Crippen LogP contribution >= 0.6 is 11.6 Å². The zero-order valence-electron chi connectivity index (χ0n) is 10.4. The van der Waals surface area contributed by atoms with Crippen molar-refractivity contribution in [3.8, 4) is 0 Å². The number of aryl methyl sites for hydroxylation is 1. The molecule has 0 fully saturated rings. The Balaban J connectivity index is 2.10. The molecule has 0 atom stereocenters. The van der Waals surface area contributed by atoms with Gasteiger partial charge in [-0.05, 0) is 35.9 Å². The number of anilines is 1. The number of nitrogens with one attached hydrogen (secondary N) is 2. The second-order valence-electron chi connectivity index (χ2n) is 4.14. The highest BCUT2D eigenvalue weighted by molar-refractivity contribution is 6.36. The minimum Gasteiger partial charge on any atom is -0.317 e. The Morgan fingerprint density at radius 3 is 3.05 bits per heavy atom. The standard InChI is InChI=1S/C12H9ClN6O/c1-6-5-8(13)10(7-3-2-4-14-9(6)7)15-12(20)11-16-18-19-17-11/h2-5H,1H3,(H,15,20)(H,16,17,18,19). The van der Waals surface area contributed by atoms with E-state index >= 15 is 0 Å². The lowest BCUT2D eigenvalue weighted by Crippen LogP contribution is -2.14. The summed E-state index contributed by atoms with van der Waals surface area (Å²) in [7, 11) is 0. The van der Waals surface area contributed by atoms with Gasteiger partial charge in [0, 0.05) is 11.6 Å². The summed E-state index contributed by atoms with van der Waals surface area (Å²) in [5.41, 5.74) is 2.19. The van der Waals surface area contributed by atoms with Gasteiger partial charge in [-0.25, -0.2) is 0 Å². The molecular formula is C12H9ClN6O. The normalized spacial score (nSPS) is 10.7. The molecule has 8 heteroatoms. The van der Waals surface area contributed by atoms with E-state index in [2.05, 4.69) is 30.9 Å². The molecule has 7 nitrogen and oxygen atoms in total. The lowest BCUT2D eigenvalue weighted by Gasteiger charge is -2.11. The van der Waals surface area contributed by atoms with Gasteiger partial charge in [-0.1, -0.05) is 11.6 Å². The predicted octanol–water partition coefficient (Wildman–Crippen LogP) is 1.96. The fraction of sp³-hybridized carbons (Fsp3) is 0.0833. The first-order valence-electron chi connectivity index (χ1n) is 5.75. The van der Waals surface area contributed by atoms with Crippen molar-refractivity contribution < 1.29 is 4.79 Å². The smallest absolute Gasteiger partial charge is 0.297 e. The minimum absolute atomic E-state index is 0.0568. The average Bonchev–Trinajstić information content (AvgIpc) is 2.97. The number of amides is 1. The van der Waals surface area contributed by atoms with Crippen LogP contribution in [0.5, 0.6) is 0 Å².